The first-order chi connectivity index (χ1) is 9.99. The molecular formula is C15H19Cl2N3O. The van der Waals surface area contributed by atoms with Crippen LogP contribution in [-0.2, 0) is 20.1 Å². The molecule has 0 fully saturated rings. The lowest BCUT2D eigenvalue weighted by Crippen LogP contribution is -2.26. The molecule has 6 heteroatoms. The molecule has 4 nitrogen and oxygen atoms in total. The fourth-order valence-electron chi connectivity index (χ4n) is 2.30. The molecule has 0 aliphatic carbocycles. The summed E-state index contributed by atoms with van der Waals surface area (Å²) in [4.78, 5) is 2.16. The van der Waals surface area contributed by atoms with E-state index in [1.54, 1.807) is 10.7 Å². The van der Waals surface area contributed by atoms with Crippen LogP contribution in [0.1, 0.15) is 16.8 Å². The Morgan fingerprint density at radius 2 is 2.00 bits per heavy atom. The van der Waals surface area contributed by atoms with Gasteiger partial charge in [-0.3, -0.25) is 9.58 Å². The summed E-state index contributed by atoms with van der Waals surface area (Å²) in [5.74, 6) is 0. The number of hydrogen-bond donors (Lipinski definition) is 1. The van der Waals surface area contributed by atoms with Crippen LogP contribution in [0.5, 0.6) is 0 Å². The van der Waals surface area contributed by atoms with Crippen molar-refractivity contribution in [2.75, 3.05) is 13.2 Å². The van der Waals surface area contributed by atoms with E-state index in [4.69, 9.17) is 23.2 Å². The summed E-state index contributed by atoms with van der Waals surface area (Å²) in [6.45, 7) is 4.13. The zero-order valence-electron chi connectivity index (χ0n) is 12.2. The van der Waals surface area contributed by atoms with Crippen molar-refractivity contribution in [3.05, 3.63) is 51.3 Å². The molecule has 0 unspecified atom stereocenters. The molecule has 0 atom stereocenters. The number of aliphatic hydroxyl groups is 1. The molecule has 0 spiro atoms. The number of benzene rings is 1. The molecule has 0 radical (unpaired) electrons. The first-order valence-corrected chi connectivity index (χ1v) is 7.51. The minimum Gasteiger partial charge on any atom is -0.395 e. The van der Waals surface area contributed by atoms with Crippen molar-refractivity contribution in [1.82, 2.24) is 14.7 Å². The summed E-state index contributed by atoms with van der Waals surface area (Å²) in [6, 6.07) is 5.62. The Morgan fingerprint density at radius 3 is 2.57 bits per heavy atom. The Bertz CT molecular complexity index is 613. The molecule has 0 saturated heterocycles. The Kier molecular flexibility index (Phi) is 5.65. The second-order valence-electron chi connectivity index (χ2n) is 5.10. The van der Waals surface area contributed by atoms with E-state index in [9.17, 15) is 5.11 Å². The zero-order chi connectivity index (χ0) is 15.4. The van der Waals surface area contributed by atoms with Crippen LogP contribution in [-0.4, -0.2) is 32.9 Å². The van der Waals surface area contributed by atoms with E-state index in [0.29, 0.717) is 23.1 Å². The number of halogens is 2. The molecule has 0 saturated carbocycles. The van der Waals surface area contributed by atoms with Crippen molar-refractivity contribution in [2.45, 2.75) is 20.0 Å². The highest BCUT2D eigenvalue weighted by atomic mass is 35.5. The minimum atomic E-state index is 0.112. The second-order valence-corrected chi connectivity index (χ2v) is 5.91. The van der Waals surface area contributed by atoms with Crippen molar-refractivity contribution in [3.63, 3.8) is 0 Å². The number of rotatable bonds is 6. The molecule has 1 aromatic carbocycles. The average Bonchev–Trinajstić information content (AvgIpc) is 2.72. The molecule has 0 amide bonds. The first-order valence-electron chi connectivity index (χ1n) is 6.76. The molecule has 2 aromatic rings. The monoisotopic (exact) mass is 327 g/mol. The average molecular weight is 328 g/mol. The standard InChI is InChI=1S/C15H19Cl2N3O/c1-11-13(9-19(2)18-11)10-20(5-6-21)8-12-3-4-14(16)15(17)7-12/h3-4,7,9,21H,5-6,8,10H2,1-2H3. The molecule has 1 aromatic heterocycles. The summed E-state index contributed by atoms with van der Waals surface area (Å²) >= 11 is 12.0. The number of aromatic nitrogens is 2. The van der Waals surface area contributed by atoms with Crippen molar-refractivity contribution in [3.8, 4) is 0 Å². The molecule has 0 aliphatic rings. The van der Waals surface area contributed by atoms with Gasteiger partial charge >= 0.3 is 0 Å². The van der Waals surface area contributed by atoms with Crippen molar-refractivity contribution >= 4 is 23.2 Å². The van der Waals surface area contributed by atoms with Crippen molar-refractivity contribution in [2.24, 2.45) is 7.05 Å². The molecule has 0 bridgehead atoms. The predicted octanol–water partition coefficient (Wildman–Crippen LogP) is 3.03. The Hall–Kier alpha value is -1.07. The van der Waals surface area contributed by atoms with Crippen LogP contribution < -0.4 is 0 Å². The van der Waals surface area contributed by atoms with Gasteiger partial charge in [-0.15, -0.1) is 0 Å². The summed E-state index contributed by atoms with van der Waals surface area (Å²) in [5.41, 5.74) is 3.24. The van der Waals surface area contributed by atoms with Gasteiger partial charge in [-0.2, -0.15) is 5.10 Å². The van der Waals surface area contributed by atoms with Gasteiger partial charge in [0.15, 0.2) is 0 Å². The van der Waals surface area contributed by atoms with Crippen LogP contribution in [0.15, 0.2) is 24.4 Å². The maximum atomic E-state index is 9.26. The van der Waals surface area contributed by atoms with Crippen LogP contribution >= 0.6 is 23.2 Å². The van der Waals surface area contributed by atoms with E-state index in [-0.39, 0.29) is 6.61 Å². The van der Waals surface area contributed by atoms with Gasteiger partial charge in [-0.1, -0.05) is 29.3 Å². The smallest absolute Gasteiger partial charge is 0.0638 e. The van der Waals surface area contributed by atoms with Crippen LogP contribution in [0.4, 0.5) is 0 Å². The fraction of sp³-hybridized carbons (Fsp3) is 0.400. The van der Waals surface area contributed by atoms with Crippen molar-refractivity contribution in [1.29, 1.82) is 0 Å². The third-order valence-electron chi connectivity index (χ3n) is 3.32. The van der Waals surface area contributed by atoms with E-state index < -0.39 is 0 Å². The molecule has 1 heterocycles. The number of nitrogens with zero attached hydrogens (tertiary/aromatic N) is 3. The van der Waals surface area contributed by atoms with Gasteiger partial charge < -0.3 is 5.11 Å². The van der Waals surface area contributed by atoms with Gasteiger partial charge in [0, 0.05) is 38.4 Å². The van der Waals surface area contributed by atoms with Crippen LogP contribution in [0.25, 0.3) is 0 Å². The van der Waals surface area contributed by atoms with Gasteiger partial charge in [0.05, 0.1) is 22.3 Å². The Morgan fingerprint density at radius 1 is 1.24 bits per heavy atom. The first kappa shape index (κ1) is 16.3. The fourth-order valence-corrected chi connectivity index (χ4v) is 2.62. The lowest BCUT2D eigenvalue weighted by Gasteiger charge is -2.21. The summed E-state index contributed by atoms with van der Waals surface area (Å²) < 4.78 is 1.81. The lowest BCUT2D eigenvalue weighted by atomic mass is 10.2. The lowest BCUT2D eigenvalue weighted by molar-refractivity contribution is 0.184. The predicted molar refractivity (Wildman–Crippen MR) is 85.6 cm³/mol. The molecule has 1 N–H and O–H groups in total. The maximum absolute atomic E-state index is 9.26. The Balaban J connectivity index is 2.11. The summed E-state index contributed by atoms with van der Waals surface area (Å²) in [6.07, 6.45) is 2.01. The number of aryl methyl sites for hydroxylation is 2. The molecular weight excluding hydrogens is 309 g/mol. The van der Waals surface area contributed by atoms with Gasteiger partial charge in [0.25, 0.3) is 0 Å². The van der Waals surface area contributed by atoms with E-state index in [1.165, 1.54) is 0 Å². The van der Waals surface area contributed by atoms with Gasteiger partial charge in [-0.05, 0) is 24.6 Å². The van der Waals surface area contributed by atoms with Crippen LogP contribution in [0.3, 0.4) is 0 Å². The van der Waals surface area contributed by atoms with Crippen LogP contribution in [0.2, 0.25) is 10.0 Å². The van der Waals surface area contributed by atoms with Gasteiger partial charge in [-0.25, -0.2) is 0 Å². The highest BCUT2D eigenvalue weighted by Gasteiger charge is 2.11. The van der Waals surface area contributed by atoms with E-state index in [0.717, 1.165) is 23.4 Å². The summed E-state index contributed by atoms with van der Waals surface area (Å²) in [5, 5.41) is 14.7. The largest absolute Gasteiger partial charge is 0.395 e. The quantitative estimate of drug-likeness (QED) is 0.886. The second kappa shape index (κ2) is 7.27. The van der Waals surface area contributed by atoms with Crippen molar-refractivity contribution < 1.29 is 5.11 Å². The molecule has 21 heavy (non-hydrogen) atoms. The van der Waals surface area contributed by atoms with E-state index >= 15 is 0 Å². The SMILES string of the molecule is Cc1nn(C)cc1CN(CCO)Cc1ccc(Cl)c(Cl)c1. The van der Waals surface area contributed by atoms with Gasteiger partial charge in [0.2, 0.25) is 0 Å². The molecule has 0 aliphatic heterocycles. The highest BCUT2D eigenvalue weighted by molar-refractivity contribution is 6.42. The number of hydrogen-bond acceptors (Lipinski definition) is 3. The van der Waals surface area contributed by atoms with Crippen LogP contribution in [0, 0.1) is 6.92 Å². The molecule has 2 rings (SSSR count). The number of aliphatic hydroxyl groups excluding tert-OH is 1. The minimum absolute atomic E-state index is 0.112. The third kappa shape index (κ3) is 4.45. The summed E-state index contributed by atoms with van der Waals surface area (Å²) in [7, 11) is 1.91. The van der Waals surface area contributed by atoms with E-state index in [1.807, 2.05) is 32.3 Å². The molecule has 114 valence electrons. The van der Waals surface area contributed by atoms with Gasteiger partial charge in [0.1, 0.15) is 0 Å². The topological polar surface area (TPSA) is 41.3 Å². The Labute approximate surface area is 134 Å². The normalized spacial score (nSPS) is 11.3. The van der Waals surface area contributed by atoms with E-state index in [2.05, 4.69) is 10.00 Å². The zero-order valence-corrected chi connectivity index (χ0v) is 13.7. The maximum Gasteiger partial charge on any atom is 0.0638 e. The highest BCUT2D eigenvalue weighted by Crippen LogP contribution is 2.23. The third-order valence-corrected chi connectivity index (χ3v) is 4.05.